The third-order valence-corrected chi connectivity index (χ3v) is 3.34. The van der Waals surface area contributed by atoms with Crippen LogP contribution in [0, 0.1) is 17.0 Å². The Morgan fingerprint density at radius 2 is 2.21 bits per heavy atom. The lowest BCUT2D eigenvalue weighted by molar-refractivity contribution is -0.385. The van der Waals surface area contributed by atoms with Crippen LogP contribution in [0.3, 0.4) is 0 Å². The number of nitro benzene ring substituents is 1. The molecule has 0 atom stereocenters. The van der Waals surface area contributed by atoms with Gasteiger partial charge in [-0.05, 0) is 40.5 Å². The van der Waals surface area contributed by atoms with E-state index in [4.69, 9.17) is 0 Å². The third-order valence-electron chi connectivity index (χ3n) is 2.71. The first-order valence-electron chi connectivity index (χ1n) is 5.66. The first-order chi connectivity index (χ1) is 9.08. The van der Waals surface area contributed by atoms with Crippen molar-refractivity contribution in [2.24, 2.45) is 0 Å². The van der Waals surface area contributed by atoms with E-state index in [0.717, 1.165) is 15.9 Å². The molecule has 0 saturated heterocycles. The van der Waals surface area contributed by atoms with Crippen molar-refractivity contribution in [2.75, 3.05) is 5.32 Å². The highest BCUT2D eigenvalue weighted by Gasteiger charge is 2.10. The maximum atomic E-state index is 10.9. The van der Waals surface area contributed by atoms with Crippen molar-refractivity contribution in [1.29, 1.82) is 0 Å². The second-order valence-corrected chi connectivity index (χ2v) is 4.82. The van der Waals surface area contributed by atoms with Crippen LogP contribution in [-0.2, 0) is 6.54 Å². The topological polar surface area (TPSA) is 68.1 Å². The summed E-state index contributed by atoms with van der Waals surface area (Å²) in [6, 6.07) is 8.93. The molecule has 1 N–H and O–H groups in total. The summed E-state index contributed by atoms with van der Waals surface area (Å²) in [5.74, 6) is 0. The van der Waals surface area contributed by atoms with Gasteiger partial charge < -0.3 is 5.32 Å². The van der Waals surface area contributed by atoms with Crippen LogP contribution in [0.5, 0.6) is 0 Å². The Morgan fingerprint density at radius 3 is 2.89 bits per heavy atom. The molecule has 1 aromatic heterocycles. The van der Waals surface area contributed by atoms with E-state index in [0.29, 0.717) is 12.1 Å². The van der Waals surface area contributed by atoms with Gasteiger partial charge in [-0.3, -0.25) is 10.1 Å². The minimum atomic E-state index is -0.362. The lowest BCUT2D eigenvalue weighted by atomic mass is 10.1. The Morgan fingerprint density at radius 1 is 1.42 bits per heavy atom. The van der Waals surface area contributed by atoms with Crippen molar-refractivity contribution in [2.45, 2.75) is 13.5 Å². The summed E-state index contributed by atoms with van der Waals surface area (Å²) in [5, 5.41) is 14.1. The molecule has 0 fully saturated rings. The Hall–Kier alpha value is -1.95. The number of nitrogens with one attached hydrogen (secondary N) is 1. The number of pyridine rings is 1. The van der Waals surface area contributed by atoms with E-state index in [1.165, 1.54) is 0 Å². The number of hydrogen-bond donors (Lipinski definition) is 1. The Bertz CT molecular complexity index is 617. The van der Waals surface area contributed by atoms with Gasteiger partial charge in [0.05, 0.1) is 10.6 Å². The number of aryl methyl sites for hydroxylation is 1. The summed E-state index contributed by atoms with van der Waals surface area (Å²) >= 11 is 3.34. The average molecular weight is 322 g/mol. The van der Waals surface area contributed by atoms with Crippen molar-refractivity contribution in [3.63, 3.8) is 0 Å². The molecule has 0 aliphatic carbocycles. The molecule has 2 aromatic rings. The molecule has 0 radical (unpaired) electrons. The van der Waals surface area contributed by atoms with Crippen LogP contribution in [-0.4, -0.2) is 9.91 Å². The largest absolute Gasteiger partial charge is 0.379 e. The molecule has 6 heteroatoms. The monoisotopic (exact) mass is 321 g/mol. The van der Waals surface area contributed by atoms with Gasteiger partial charge in [-0.15, -0.1) is 0 Å². The molecular formula is C13H12BrN3O2. The molecule has 98 valence electrons. The van der Waals surface area contributed by atoms with Crippen LogP contribution in [0.25, 0.3) is 0 Å². The highest BCUT2D eigenvalue weighted by Crippen LogP contribution is 2.22. The van der Waals surface area contributed by atoms with Crippen LogP contribution < -0.4 is 5.32 Å². The molecule has 19 heavy (non-hydrogen) atoms. The Labute approximate surface area is 119 Å². The second-order valence-electron chi connectivity index (χ2n) is 4.07. The van der Waals surface area contributed by atoms with Gasteiger partial charge in [0.25, 0.3) is 5.69 Å². The van der Waals surface area contributed by atoms with Gasteiger partial charge in [0, 0.05) is 24.4 Å². The van der Waals surface area contributed by atoms with E-state index < -0.39 is 0 Å². The van der Waals surface area contributed by atoms with Crippen LogP contribution in [0.4, 0.5) is 11.4 Å². The van der Waals surface area contributed by atoms with E-state index in [2.05, 4.69) is 26.2 Å². The number of anilines is 1. The average Bonchev–Trinajstić information content (AvgIpc) is 2.39. The first kappa shape index (κ1) is 13.5. The van der Waals surface area contributed by atoms with Crippen LogP contribution in [0.15, 0.2) is 41.1 Å². The van der Waals surface area contributed by atoms with Gasteiger partial charge >= 0.3 is 0 Å². The van der Waals surface area contributed by atoms with E-state index in [-0.39, 0.29) is 10.6 Å². The quantitative estimate of drug-likeness (QED) is 0.530. The summed E-state index contributed by atoms with van der Waals surface area (Å²) in [4.78, 5) is 14.6. The van der Waals surface area contributed by atoms with Gasteiger partial charge in [0.15, 0.2) is 0 Å². The Balaban J connectivity index is 2.14. The third kappa shape index (κ3) is 3.29. The predicted octanol–water partition coefficient (Wildman–Crippen LogP) is 3.67. The van der Waals surface area contributed by atoms with Crippen LogP contribution in [0.1, 0.15) is 11.1 Å². The normalized spacial score (nSPS) is 10.2. The molecule has 0 unspecified atom stereocenters. The van der Waals surface area contributed by atoms with E-state index in [9.17, 15) is 10.1 Å². The number of nitrogens with zero attached hydrogens (tertiary/aromatic N) is 2. The summed E-state index contributed by atoms with van der Waals surface area (Å²) in [6.07, 6.45) is 1.69. The van der Waals surface area contributed by atoms with Gasteiger partial charge in [0.2, 0.25) is 0 Å². The summed E-state index contributed by atoms with van der Waals surface area (Å²) in [5.41, 5.74) is 2.51. The number of halogens is 1. The molecule has 0 amide bonds. The number of nitro groups is 1. The zero-order valence-corrected chi connectivity index (χ0v) is 11.8. The SMILES string of the molecule is Cc1ccc(CNc2cccnc2Br)cc1[N+](=O)[O-]. The highest BCUT2D eigenvalue weighted by atomic mass is 79.9. The molecule has 2 rings (SSSR count). The Kier molecular flexibility index (Phi) is 4.11. The first-order valence-corrected chi connectivity index (χ1v) is 6.45. The number of rotatable bonds is 4. The van der Waals surface area contributed by atoms with E-state index in [1.54, 1.807) is 25.3 Å². The summed E-state index contributed by atoms with van der Waals surface area (Å²) in [7, 11) is 0. The maximum Gasteiger partial charge on any atom is 0.272 e. The molecule has 1 aromatic carbocycles. The maximum absolute atomic E-state index is 10.9. The van der Waals surface area contributed by atoms with Gasteiger partial charge in [0.1, 0.15) is 4.60 Å². The zero-order chi connectivity index (χ0) is 13.8. The van der Waals surface area contributed by atoms with Gasteiger partial charge in [-0.25, -0.2) is 4.98 Å². The van der Waals surface area contributed by atoms with Crippen molar-refractivity contribution in [3.8, 4) is 0 Å². The number of benzene rings is 1. The summed E-state index contributed by atoms with van der Waals surface area (Å²) < 4.78 is 0.719. The van der Waals surface area contributed by atoms with Gasteiger partial charge in [-0.1, -0.05) is 12.1 Å². The molecule has 0 bridgehead atoms. The molecule has 1 heterocycles. The van der Waals surface area contributed by atoms with Crippen molar-refractivity contribution in [1.82, 2.24) is 4.98 Å². The number of hydrogen-bond acceptors (Lipinski definition) is 4. The van der Waals surface area contributed by atoms with Crippen LogP contribution >= 0.6 is 15.9 Å². The van der Waals surface area contributed by atoms with Crippen molar-refractivity contribution >= 4 is 27.3 Å². The van der Waals surface area contributed by atoms with E-state index >= 15 is 0 Å². The van der Waals surface area contributed by atoms with Crippen LogP contribution in [0.2, 0.25) is 0 Å². The highest BCUT2D eigenvalue weighted by molar-refractivity contribution is 9.10. The minimum Gasteiger partial charge on any atom is -0.379 e. The molecule has 0 aliphatic heterocycles. The fraction of sp³-hybridized carbons (Fsp3) is 0.154. The molecule has 0 spiro atoms. The fourth-order valence-electron chi connectivity index (χ4n) is 1.68. The summed E-state index contributed by atoms with van der Waals surface area (Å²) in [6.45, 7) is 2.23. The minimum absolute atomic E-state index is 0.143. The lowest BCUT2D eigenvalue weighted by Gasteiger charge is -2.08. The van der Waals surface area contributed by atoms with Crippen molar-refractivity contribution in [3.05, 3.63) is 62.4 Å². The molecule has 5 nitrogen and oxygen atoms in total. The molecular weight excluding hydrogens is 310 g/mol. The molecule has 0 aliphatic rings. The van der Waals surface area contributed by atoms with Gasteiger partial charge in [-0.2, -0.15) is 0 Å². The second kappa shape index (κ2) is 5.79. The standard InChI is InChI=1S/C13H12BrN3O2/c1-9-4-5-10(7-12(9)17(18)19)8-16-11-3-2-6-15-13(11)14/h2-7,16H,8H2,1H3. The number of aromatic nitrogens is 1. The zero-order valence-electron chi connectivity index (χ0n) is 10.3. The lowest BCUT2D eigenvalue weighted by Crippen LogP contribution is -2.02. The predicted molar refractivity (Wildman–Crippen MR) is 77.1 cm³/mol. The molecule has 0 saturated carbocycles. The van der Waals surface area contributed by atoms with Crippen molar-refractivity contribution < 1.29 is 4.92 Å². The fourth-order valence-corrected chi connectivity index (χ4v) is 2.07. The smallest absolute Gasteiger partial charge is 0.272 e. The van der Waals surface area contributed by atoms with E-state index in [1.807, 2.05) is 18.2 Å².